The second-order valence-corrected chi connectivity index (χ2v) is 10.1. The van der Waals surface area contributed by atoms with Gasteiger partial charge >= 0.3 is 0 Å². The lowest BCUT2D eigenvalue weighted by molar-refractivity contribution is -0.121. The highest BCUT2D eigenvalue weighted by atomic mass is 32.2. The van der Waals surface area contributed by atoms with E-state index in [-0.39, 0.29) is 35.7 Å². The number of nitrogens with one attached hydrogen (secondary N) is 2. The molecule has 2 N–H and O–H groups in total. The number of carbonyl (C=O) groups excluding carboxylic acids is 2. The van der Waals surface area contributed by atoms with Crippen LogP contribution in [0, 0.1) is 11.8 Å². The number of carbonyl (C=O) groups is 2. The summed E-state index contributed by atoms with van der Waals surface area (Å²) < 4.78 is 27.3. The van der Waals surface area contributed by atoms with Crippen LogP contribution in [-0.4, -0.2) is 50.2 Å². The molecule has 7 nitrogen and oxygen atoms in total. The SMILES string of the molecule is CCC(C)NC(=O)CCNC(=O)c1ccc(S(=O)(=O)N2CC(C)CC(C)C2)cc1. The maximum absolute atomic E-state index is 12.9. The van der Waals surface area contributed by atoms with E-state index in [0.717, 1.165) is 12.8 Å². The van der Waals surface area contributed by atoms with Crippen LogP contribution in [0.2, 0.25) is 0 Å². The standard InChI is InChI=1S/C21H33N3O4S/c1-5-17(4)23-20(25)10-11-22-21(26)18-6-8-19(9-7-18)29(27,28)24-13-15(2)12-16(3)14-24/h6-9,15-17H,5,10-14H2,1-4H3,(H,22,26)(H,23,25). The molecule has 2 amide bonds. The van der Waals surface area contributed by atoms with E-state index in [2.05, 4.69) is 24.5 Å². The van der Waals surface area contributed by atoms with Crippen molar-refractivity contribution in [3.8, 4) is 0 Å². The van der Waals surface area contributed by atoms with Crippen LogP contribution in [0.25, 0.3) is 0 Å². The van der Waals surface area contributed by atoms with Gasteiger partial charge in [-0.3, -0.25) is 9.59 Å². The fourth-order valence-electron chi connectivity index (χ4n) is 3.57. The number of amides is 2. The van der Waals surface area contributed by atoms with E-state index in [9.17, 15) is 18.0 Å². The quantitative estimate of drug-likeness (QED) is 0.671. The second-order valence-electron chi connectivity index (χ2n) is 8.18. The van der Waals surface area contributed by atoms with E-state index in [4.69, 9.17) is 0 Å². The molecule has 2 rings (SSSR count). The second kappa shape index (κ2) is 10.2. The summed E-state index contributed by atoms with van der Waals surface area (Å²) in [5.41, 5.74) is 0.367. The summed E-state index contributed by atoms with van der Waals surface area (Å²) in [7, 11) is -3.56. The predicted molar refractivity (Wildman–Crippen MR) is 113 cm³/mol. The van der Waals surface area contributed by atoms with Crippen LogP contribution in [-0.2, 0) is 14.8 Å². The Kier molecular flexibility index (Phi) is 8.22. The van der Waals surface area contributed by atoms with Crippen molar-refractivity contribution in [2.24, 2.45) is 11.8 Å². The molecule has 1 fully saturated rings. The van der Waals surface area contributed by atoms with Crippen LogP contribution in [0.1, 0.15) is 57.3 Å². The highest BCUT2D eigenvalue weighted by molar-refractivity contribution is 7.89. The Labute approximate surface area is 174 Å². The summed E-state index contributed by atoms with van der Waals surface area (Å²) in [4.78, 5) is 24.2. The van der Waals surface area contributed by atoms with Gasteiger partial charge in [0.25, 0.3) is 5.91 Å². The molecular weight excluding hydrogens is 390 g/mol. The number of hydrogen-bond acceptors (Lipinski definition) is 4. The monoisotopic (exact) mass is 423 g/mol. The average Bonchev–Trinajstić information content (AvgIpc) is 2.67. The zero-order valence-corrected chi connectivity index (χ0v) is 18.6. The highest BCUT2D eigenvalue weighted by Crippen LogP contribution is 2.26. The molecule has 1 aliphatic heterocycles. The number of sulfonamides is 1. The van der Waals surface area contributed by atoms with Crippen LogP contribution < -0.4 is 10.6 Å². The lowest BCUT2D eigenvalue weighted by Gasteiger charge is -2.34. The Morgan fingerprint density at radius 3 is 2.28 bits per heavy atom. The largest absolute Gasteiger partial charge is 0.354 e. The fourth-order valence-corrected chi connectivity index (χ4v) is 5.25. The summed E-state index contributed by atoms with van der Waals surface area (Å²) >= 11 is 0. The minimum atomic E-state index is -3.56. The van der Waals surface area contributed by atoms with Crippen LogP contribution in [0.15, 0.2) is 29.2 Å². The van der Waals surface area contributed by atoms with Crippen LogP contribution >= 0.6 is 0 Å². The first-order chi connectivity index (χ1) is 13.6. The van der Waals surface area contributed by atoms with E-state index in [1.54, 1.807) is 0 Å². The zero-order chi connectivity index (χ0) is 21.6. The van der Waals surface area contributed by atoms with Crippen LogP contribution in [0.4, 0.5) is 0 Å². The Morgan fingerprint density at radius 2 is 1.72 bits per heavy atom. The first kappa shape index (κ1) is 23.3. The normalized spacial score (nSPS) is 21.4. The van der Waals surface area contributed by atoms with Gasteiger partial charge in [-0.15, -0.1) is 0 Å². The average molecular weight is 424 g/mol. The van der Waals surface area contributed by atoms with Crippen molar-refractivity contribution in [2.75, 3.05) is 19.6 Å². The third-order valence-corrected chi connectivity index (χ3v) is 7.09. The van der Waals surface area contributed by atoms with Gasteiger partial charge in [-0.25, -0.2) is 8.42 Å². The van der Waals surface area contributed by atoms with E-state index in [1.165, 1.54) is 28.6 Å². The topological polar surface area (TPSA) is 95.6 Å². The molecule has 0 radical (unpaired) electrons. The maximum Gasteiger partial charge on any atom is 0.251 e. The summed E-state index contributed by atoms with van der Waals surface area (Å²) in [5.74, 6) is 0.226. The number of nitrogens with zero attached hydrogens (tertiary/aromatic N) is 1. The summed E-state index contributed by atoms with van der Waals surface area (Å²) in [6.07, 6.45) is 2.08. The van der Waals surface area contributed by atoms with E-state index < -0.39 is 10.0 Å². The Morgan fingerprint density at radius 1 is 1.14 bits per heavy atom. The Balaban J connectivity index is 1.93. The van der Waals surface area contributed by atoms with Gasteiger partial charge in [-0.1, -0.05) is 20.8 Å². The van der Waals surface area contributed by atoms with Gasteiger partial charge in [0.2, 0.25) is 15.9 Å². The lowest BCUT2D eigenvalue weighted by Crippen LogP contribution is -2.42. The first-order valence-corrected chi connectivity index (χ1v) is 11.7. The van der Waals surface area contributed by atoms with Crippen molar-refractivity contribution in [1.82, 2.24) is 14.9 Å². The molecule has 0 spiro atoms. The number of hydrogen-bond donors (Lipinski definition) is 2. The zero-order valence-electron chi connectivity index (χ0n) is 17.8. The van der Waals surface area contributed by atoms with Crippen LogP contribution in [0.3, 0.4) is 0 Å². The third-order valence-electron chi connectivity index (χ3n) is 5.25. The van der Waals surface area contributed by atoms with Gasteiger partial charge < -0.3 is 10.6 Å². The van der Waals surface area contributed by atoms with Crippen molar-refractivity contribution in [3.05, 3.63) is 29.8 Å². The molecule has 1 heterocycles. The molecule has 0 saturated carbocycles. The number of piperidine rings is 1. The molecule has 3 unspecified atom stereocenters. The third kappa shape index (κ3) is 6.54. The van der Waals surface area contributed by atoms with Gasteiger partial charge in [-0.2, -0.15) is 4.31 Å². The molecule has 0 aromatic heterocycles. The van der Waals surface area contributed by atoms with Crippen molar-refractivity contribution in [1.29, 1.82) is 0 Å². The molecular formula is C21H33N3O4S. The van der Waals surface area contributed by atoms with Crippen LogP contribution in [0.5, 0.6) is 0 Å². The highest BCUT2D eigenvalue weighted by Gasteiger charge is 2.31. The lowest BCUT2D eigenvalue weighted by atomic mass is 9.94. The summed E-state index contributed by atoms with van der Waals surface area (Å²) in [6.45, 7) is 9.32. The number of rotatable bonds is 8. The minimum Gasteiger partial charge on any atom is -0.354 e. The molecule has 29 heavy (non-hydrogen) atoms. The molecule has 1 saturated heterocycles. The molecule has 1 aromatic rings. The Bertz CT molecular complexity index is 798. The van der Waals surface area contributed by atoms with Crippen molar-refractivity contribution in [2.45, 2.75) is 57.9 Å². The molecule has 3 atom stereocenters. The maximum atomic E-state index is 12.9. The van der Waals surface area contributed by atoms with Gasteiger partial charge in [0.15, 0.2) is 0 Å². The van der Waals surface area contributed by atoms with E-state index in [1.807, 2.05) is 13.8 Å². The van der Waals surface area contributed by atoms with Gasteiger partial charge in [-0.05, 0) is 55.9 Å². The van der Waals surface area contributed by atoms with Crippen molar-refractivity contribution < 1.29 is 18.0 Å². The molecule has 0 aliphatic carbocycles. The first-order valence-electron chi connectivity index (χ1n) is 10.3. The fraction of sp³-hybridized carbons (Fsp3) is 0.619. The minimum absolute atomic E-state index is 0.105. The molecule has 0 bridgehead atoms. The summed E-state index contributed by atoms with van der Waals surface area (Å²) in [5, 5.41) is 5.54. The van der Waals surface area contributed by atoms with E-state index >= 15 is 0 Å². The van der Waals surface area contributed by atoms with Gasteiger partial charge in [0, 0.05) is 37.7 Å². The molecule has 162 valence electrons. The number of benzene rings is 1. The smallest absolute Gasteiger partial charge is 0.251 e. The Hall–Kier alpha value is -1.93. The summed E-state index contributed by atoms with van der Waals surface area (Å²) in [6, 6.07) is 6.09. The van der Waals surface area contributed by atoms with Crippen molar-refractivity contribution >= 4 is 21.8 Å². The molecule has 8 heteroatoms. The van der Waals surface area contributed by atoms with E-state index in [0.29, 0.717) is 30.5 Å². The predicted octanol–water partition coefficient (Wildman–Crippen LogP) is 2.39. The van der Waals surface area contributed by atoms with Gasteiger partial charge in [0.05, 0.1) is 4.90 Å². The van der Waals surface area contributed by atoms with Gasteiger partial charge in [0.1, 0.15) is 0 Å². The van der Waals surface area contributed by atoms with Crippen molar-refractivity contribution in [3.63, 3.8) is 0 Å². The molecule has 1 aromatic carbocycles. The molecule has 1 aliphatic rings.